The van der Waals surface area contributed by atoms with Crippen LogP contribution in [0.2, 0.25) is 0 Å². The Morgan fingerprint density at radius 2 is 1.90 bits per heavy atom. The summed E-state index contributed by atoms with van der Waals surface area (Å²) in [5, 5.41) is 0. The quantitative estimate of drug-likeness (QED) is 0.635. The lowest BCUT2D eigenvalue weighted by Gasteiger charge is -2.16. The molecule has 2 nitrogen and oxygen atoms in total. The maximum atomic E-state index is 13.4. The zero-order valence-corrected chi connectivity index (χ0v) is 10.6. The molecule has 0 aliphatic carbocycles. The van der Waals surface area contributed by atoms with Crippen molar-refractivity contribution in [3.63, 3.8) is 0 Å². The molecule has 0 amide bonds. The standard InChI is InChI=1S/C13H11BF4NO/c1-9-3-2-4-11(19-9)8-20-13-7-10(14(16,17)18)5-6-12(13)15/h2-7H,8H2,1H3/q-1. The lowest BCUT2D eigenvalue weighted by Crippen LogP contribution is -2.34. The molecule has 1 aromatic carbocycles. The van der Waals surface area contributed by atoms with E-state index in [1.165, 1.54) is 0 Å². The largest absolute Gasteiger partial charge is 0.509 e. The Morgan fingerprint density at radius 1 is 1.15 bits per heavy atom. The third-order valence-corrected chi connectivity index (χ3v) is 2.65. The van der Waals surface area contributed by atoms with Crippen LogP contribution in [0.4, 0.5) is 17.3 Å². The molecule has 0 N–H and O–H groups in total. The van der Waals surface area contributed by atoms with Gasteiger partial charge in [-0.15, -0.1) is 5.46 Å². The van der Waals surface area contributed by atoms with Crippen LogP contribution < -0.4 is 10.2 Å². The van der Waals surface area contributed by atoms with E-state index in [9.17, 15) is 17.3 Å². The summed E-state index contributed by atoms with van der Waals surface area (Å²) in [4.78, 5) is 4.12. The van der Waals surface area contributed by atoms with Crippen molar-refractivity contribution >= 4 is 12.4 Å². The Hall–Kier alpha value is -2.05. The van der Waals surface area contributed by atoms with Crippen LogP contribution in [0.1, 0.15) is 11.4 Å². The highest BCUT2D eigenvalue weighted by atomic mass is 19.4. The third kappa shape index (κ3) is 3.49. The van der Waals surface area contributed by atoms with E-state index in [-0.39, 0.29) is 6.61 Å². The Balaban J connectivity index is 2.17. The first-order chi connectivity index (χ1) is 9.36. The summed E-state index contributed by atoms with van der Waals surface area (Å²) >= 11 is 0. The van der Waals surface area contributed by atoms with Gasteiger partial charge >= 0.3 is 6.98 Å². The first kappa shape index (κ1) is 14.4. The number of nitrogens with zero attached hydrogens (tertiary/aromatic N) is 1. The van der Waals surface area contributed by atoms with Gasteiger partial charge in [0, 0.05) is 5.69 Å². The van der Waals surface area contributed by atoms with Gasteiger partial charge in [0.2, 0.25) is 0 Å². The molecule has 1 aromatic heterocycles. The summed E-state index contributed by atoms with van der Waals surface area (Å²) in [6.45, 7) is -3.49. The van der Waals surface area contributed by atoms with Crippen LogP contribution in [0, 0.1) is 12.7 Å². The van der Waals surface area contributed by atoms with Gasteiger partial charge in [-0.3, -0.25) is 4.98 Å². The molecule has 2 aromatic rings. The monoisotopic (exact) mass is 284 g/mol. The van der Waals surface area contributed by atoms with Crippen molar-refractivity contribution in [2.75, 3.05) is 0 Å². The number of benzene rings is 1. The van der Waals surface area contributed by atoms with Crippen molar-refractivity contribution in [3.8, 4) is 5.75 Å². The van der Waals surface area contributed by atoms with Gasteiger partial charge < -0.3 is 17.7 Å². The van der Waals surface area contributed by atoms with Gasteiger partial charge in [-0.1, -0.05) is 12.1 Å². The molecule has 20 heavy (non-hydrogen) atoms. The zero-order chi connectivity index (χ0) is 14.8. The molecule has 0 aliphatic heterocycles. The smallest absolute Gasteiger partial charge is 0.484 e. The molecular formula is C13H11BF4NO-. The Bertz CT molecular complexity index is 616. The third-order valence-electron chi connectivity index (χ3n) is 2.65. The molecular weight excluding hydrogens is 273 g/mol. The zero-order valence-electron chi connectivity index (χ0n) is 10.6. The number of hydrogen-bond donors (Lipinski definition) is 0. The topological polar surface area (TPSA) is 22.1 Å². The highest BCUT2D eigenvalue weighted by Crippen LogP contribution is 2.19. The van der Waals surface area contributed by atoms with Crippen molar-refractivity contribution in [2.24, 2.45) is 0 Å². The number of aromatic nitrogens is 1. The van der Waals surface area contributed by atoms with Gasteiger partial charge in [0.25, 0.3) is 0 Å². The molecule has 2 rings (SSSR count). The van der Waals surface area contributed by atoms with Crippen molar-refractivity contribution in [2.45, 2.75) is 13.5 Å². The Labute approximate surface area is 113 Å². The normalized spacial score (nSPS) is 11.4. The lowest BCUT2D eigenvalue weighted by atomic mass is 9.80. The van der Waals surface area contributed by atoms with Crippen LogP contribution in [-0.2, 0) is 6.61 Å². The fourth-order valence-electron chi connectivity index (χ4n) is 1.67. The molecule has 1 heterocycles. The van der Waals surface area contributed by atoms with Gasteiger partial charge in [-0.05, 0) is 31.2 Å². The maximum Gasteiger partial charge on any atom is 0.509 e. The Kier molecular flexibility index (Phi) is 3.97. The van der Waals surface area contributed by atoms with Crippen LogP contribution >= 0.6 is 0 Å². The summed E-state index contributed by atoms with van der Waals surface area (Å²) < 4.78 is 56.3. The first-order valence-corrected chi connectivity index (χ1v) is 5.91. The number of ether oxygens (including phenoxy) is 1. The van der Waals surface area contributed by atoms with Gasteiger partial charge in [-0.2, -0.15) is 0 Å². The van der Waals surface area contributed by atoms with Gasteiger partial charge in [0.15, 0.2) is 11.6 Å². The molecule has 0 fully saturated rings. The summed E-state index contributed by atoms with van der Waals surface area (Å²) in [7, 11) is 0. The van der Waals surface area contributed by atoms with E-state index in [4.69, 9.17) is 4.74 Å². The molecule has 0 atom stereocenters. The Morgan fingerprint density at radius 3 is 2.55 bits per heavy atom. The number of rotatable bonds is 4. The molecule has 7 heteroatoms. The van der Waals surface area contributed by atoms with E-state index in [1.807, 2.05) is 0 Å². The minimum atomic E-state index is -5.18. The molecule has 0 radical (unpaired) electrons. The van der Waals surface area contributed by atoms with E-state index in [0.717, 1.165) is 11.8 Å². The predicted octanol–water partition coefficient (Wildman–Crippen LogP) is 3.16. The summed E-state index contributed by atoms with van der Waals surface area (Å²) in [6, 6.07) is 7.30. The second-order valence-corrected chi connectivity index (χ2v) is 4.32. The van der Waals surface area contributed by atoms with Crippen LogP contribution in [0.5, 0.6) is 5.75 Å². The van der Waals surface area contributed by atoms with E-state index < -0.39 is 24.0 Å². The van der Waals surface area contributed by atoms with Crippen molar-refractivity contribution in [1.82, 2.24) is 4.98 Å². The molecule has 0 saturated carbocycles. The molecule has 106 valence electrons. The minimum absolute atomic E-state index is 0.0904. The van der Waals surface area contributed by atoms with Crippen molar-refractivity contribution in [3.05, 3.63) is 53.6 Å². The van der Waals surface area contributed by atoms with E-state index >= 15 is 0 Å². The first-order valence-electron chi connectivity index (χ1n) is 5.91. The minimum Gasteiger partial charge on any atom is -0.484 e. The molecule has 0 unspecified atom stereocenters. The van der Waals surface area contributed by atoms with Gasteiger partial charge in [-0.25, -0.2) is 4.39 Å². The van der Waals surface area contributed by atoms with Crippen LogP contribution in [0.3, 0.4) is 0 Å². The second-order valence-electron chi connectivity index (χ2n) is 4.32. The van der Waals surface area contributed by atoms with E-state index in [2.05, 4.69) is 4.98 Å². The average molecular weight is 284 g/mol. The van der Waals surface area contributed by atoms with Crippen LogP contribution in [0.15, 0.2) is 36.4 Å². The molecule has 0 aliphatic rings. The van der Waals surface area contributed by atoms with E-state index in [1.54, 1.807) is 25.1 Å². The summed E-state index contributed by atoms with van der Waals surface area (Å²) in [6.07, 6.45) is 0. The number of aryl methyl sites for hydroxylation is 1. The predicted molar refractivity (Wildman–Crippen MR) is 68.4 cm³/mol. The average Bonchev–Trinajstić information content (AvgIpc) is 2.36. The maximum absolute atomic E-state index is 13.4. The highest BCUT2D eigenvalue weighted by molar-refractivity contribution is 6.73. The summed E-state index contributed by atoms with van der Waals surface area (Å²) in [5.41, 5.74) is 0.380. The lowest BCUT2D eigenvalue weighted by molar-refractivity contribution is 0.286. The SMILES string of the molecule is Cc1cccc(COc2cc([B-](F)(F)F)ccc2F)n1. The highest BCUT2D eigenvalue weighted by Gasteiger charge is 2.26. The van der Waals surface area contributed by atoms with Crippen molar-refractivity contribution in [1.29, 1.82) is 0 Å². The second kappa shape index (κ2) is 5.52. The van der Waals surface area contributed by atoms with Gasteiger partial charge in [0.1, 0.15) is 6.61 Å². The number of hydrogen-bond acceptors (Lipinski definition) is 2. The summed E-state index contributed by atoms with van der Waals surface area (Å²) in [5.74, 6) is -1.26. The number of pyridine rings is 1. The van der Waals surface area contributed by atoms with E-state index in [0.29, 0.717) is 17.8 Å². The van der Waals surface area contributed by atoms with Crippen LogP contribution in [0.25, 0.3) is 0 Å². The van der Waals surface area contributed by atoms with Crippen LogP contribution in [-0.4, -0.2) is 12.0 Å². The molecule has 0 saturated heterocycles. The van der Waals surface area contributed by atoms with Crippen molar-refractivity contribution < 1.29 is 22.1 Å². The fourth-order valence-corrected chi connectivity index (χ4v) is 1.67. The molecule has 0 spiro atoms. The fraction of sp³-hybridized carbons (Fsp3) is 0.154. The number of halogens is 4. The van der Waals surface area contributed by atoms with Gasteiger partial charge in [0.05, 0.1) is 5.69 Å². The molecule has 0 bridgehead atoms.